The van der Waals surface area contributed by atoms with Gasteiger partial charge in [-0.2, -0.15) is 8.42 Å². The zero-order valence-corrected chi connectivity index (χ0v) is 7.11. The summed E-state index contributed by atoms with van der Waals surface area (Å²) in [5, 5.41) is 8.35. The zero-order chi connectivity index (χ0) is 10.9. The average Bonchev–Trinajstić information content (AvgIpc) is 1.82. The first-order chi connectivity index (χ1) is 5.61. The molecule has 1 amide bonds. The predicted molar refractivity (Wildman–Crippen MR) is 39.9 cm³/mol. The van der Waals surface area contributed by atoms with Crippen molar-refractivity contribution in [3.05, 3.63) is 0 Å². The summed E-state index contributed by atoms with van der Waals surface area (Å²) in [4.78, 5) is 17.5. The maximum atomic E-state index is 10.5. The second kappa shape index (κ2) is 3.28. The molecule has 6 N–H and O–H groups in total. The number of amides is 1. The van der Waals surface area contributed by atoms with Crippen molar-refractivity contribution in [1.82, 2.24) is 0 Å². The van der Waals surface area contributed by atoms with E-state index >= 15 is 0 Å². The molecule has 0 unspecified atom stereocenters. The van der Waals surface area contributed by atoms with Crippen molar-refractivity contribution >= 4 is 22.0 Å². The van der Waals surface area contributed by atoms with Gasteiger partial charge in [0.2, 0.25) is 5.91 Å². The molecule has 8 nitrogen and oxygen atoms in total. The fraction of sp³-hybridized carbons (Fsp3) is 0.500. The van der Waals surface area contributed by atoms with Gasteiger partial charge in [0, 0.05) is 0 Å². The normalized spacial score (nSPS) is 16.2. The molecule has 0 aromatic carbocycles. The molecule has 1 atom stereocenters. The van der Waals surface area contributed by atoms with Gasteiger partial charge in [0.15, 0.2) is 0 Å². The van der Waals surface area contributed by atoms with E-state index in [0.29, 0.717) is 0 Å². The molecule has 76 valence electrons. The summed E-state index contributed by atoms with van der Waals surface area (Å²) in [5.74, 6) is -3.30. The van der Waals surface area contributed by atoms with Crippen LogP contribution in [-0.4, -0.2) is 34.8 Å². The number of carboxylic acid groups (broad SMARTS) is 1. The van der Waals surface area contributed by atoms with E-state index in [2.05, 4.69) is 5.73 Å². The minimum atomic E-state index is -5.08. The summed E-state index contributed by atoms with van der Waals surface area (Å²) < 4.78 is 29.4. The van der Waals surface area contributed by atoms with Crippen molar-refractivity contribution in [2.75, 3.05) is 0 Å². The second-order valence-electron chi connectivity index (χ2n) is 2.31. The van der Waals surface area contributed by atoms with Crippen LogP contribution in [0.1, 0.15) is 6.42 Å². The Labute approximate surface area is 73.3 Å². The van der Waals surface area contributed by atoms with Crippen LogP contribution in [0.15, 0.2) is 0 Å². The van der Waals surface area contributed by atoms with Gasteiger partial charge in [-0.05, 0) is 0 Å². The Kier molecular flexibility index (Phi) is 2.98. The van der Waals surface area contributed by atoms with Crippen molar-refractivity contribution in [2.45, 2.75) is 11.3 Å². The van der Waals surface area contributed by atoms with Crippen LogP contribution in [0, 0.1) is 0 Å². The van der Waals surface area contributed by atoms with E-state index in [1.54, 1.807) is 0 Å². The highest BCUT2D eigenvalue weighted by molar-refractivity contribution is 7.88. The molecule has 0 aliphatic heterocycles. The van der Waals surface area contributed by atoms with Crippen molar-refractivity contribution in [3.8, 4) is 0 Å². The maximum absolute atomic E-state index is 10.5. The topological polar surface area (TPSA) is 161 Å². The quantitative estimate of drug-likeness (QED) is 0.374. The predicted octanol–water partition coefficient (Wildman–Crippen LogP) is -2.51. The number of hydrogen-bond acceptors (Lipinski definition) is 5. The number of aliphatic carboxylic acids is 1. The lowest BCUT2D eigenvalue weighted by molar-refractivity contribution is -0.142. The van der Waals surface area contributed by atoms with E-state index in [4.69, 9.17) is 15.4 Å². The van der Waals surface area contributed by atoms with E-state index in [0.717, 1.165) is 0 Å². The van der Waals surface area contributed by atoms with Crippen molar-refractivity contribution < 1.29 is 27.7 Å². The largest absolute Gasteiger partial charge is 0.479 e. The second-order valence-corrected chi connectivity index (χ2v) is 3.99. The fourth-order valence-electron chi connectivity index (χ4n) is 0.536. The first-order valence-electron chi connectivity index (χ1n) is 2.89. The molecule has 0 saturated heterocycles. The molecule has 0 rings (SSSR count). The highest BCUT2D eigenvalue weighted by Crippen LogP contribution is 2.13. The van der Waals surface area contributed by atoms with Crippen LogP contribution in [0.25, 0.3) is 0 Å². The average molecular weight is 212 g/mol. The Hall–Kier alpha value is -1.19. The molecule has 0 aliphatic rings. The minimum absolute atomic E-state index is 1.19. The third-order valence-electron chi connectivity index (χ3n) is 1.26. The number of carbonyl (C=O) groups excluding carboxylic acids is 1. The Bertz CT molecular complexity index is 335. The number of carboxylic acids is 1. The van der Waals surface area contributed by atoms with Crippen LogP contribution in [0.5, 0.6) is 0 Å². The van der Waals surface area contributed by atoms with Crippen molar-refractivity contribution in [2.24, 2.45) is 11.5 Å². The SMILES string of the molecule is NC(=O)C[C@@](N)(C(=O)O)S(=O)(=O)O. The summed E-state index contributed by atoms with van der Waals surface area (Å²) in [7, 11) is -5.08. The Morgan fingerprint density at radius 2 is 1.77 bits per heavy atom. The van der Waals surface area contributed by atoms with Crippen molar-refractivity contribution in [3.63, 3.8) is 0 Å². The fourth-order valence-corrected chi connectivity index (χ4v) is 1.08. The number of carbonyl (C=O) groups is 2. The molecule has 13 heavy (non-hydrogen) atoms. The first kappa shape index (κ1) is 11.8. The van der Waals surface area contributed by atoms with E-state index < -0.39 is 33.3 Å². The van der Waals surface area contributed by atoms with Crippen molar-refractivity contribution in [1.29, 1.82) is 0 Å². The van der Waals surface area contributed by atoms with Crippen LogP contribution in [-0.2, 0) is 19.7 Å². The first-order valence-corrected chi connectivity index (χ1v) is 4.33. The number of nitrogens with two attached hydrogens (primary N) is 2. The zero-order valence-electron chi connectivity index (χ0n) is 6.30. The van der Waals surface area contributed by atoms with Crippen LogP contribution in [0.3, 0.4) is 0 Å². The molecule has 0 spiro atoms. The summed E-state index contributed by atoms with van der Waals surface area (Å²) in [6.07, 6.45) is -1.19. The molecule has 0 aromatic rings. The number of primary amides is 1. The number of rotatable bonds is 4. The maximum Gasteiger partial charge on any atom is 0.342 e. The van der Waals surface area contributed by atoms with Gasteiger partial charge >= 0.3 is 5.97 Å². The molecule has 9 heteroatoms. The third-order valence-corrected chi connectivity index (χ3v) is 2.50. The molecule has 0 saturated carbocycles. The van der Waals surface area contributed by atoms with Crippen LogP contribution in [0.4, 0.5) is 0 Å². The molecule has 0 heterocycles. The monoisotopic (exact) mass is 212 g/mol. The molecular formula is C4H8N2O6S. The molecule has 0 fully saturated rings. The molecule has 0 aromatic heterocycles. The Balaban J connectivity index is 5.21. The van der Waals surface area contributed by atoms with Crippen LogP contribution < -0.4 is 11.5 Å². The smallest absolute Gasteiger partial charge is 0.342 e. The third kappa shape index (κ3) is 2.37. The highest BCUT2D eigenvalue weighted by atomic mass is 32.2. The van der Waals surface area contributed by atoms with Gasteiger partial charge in [-0.3, -0.25) is 9.35 Å². The van der Waals surface area contributed by atoms with Gasteiger partial charge in [0.1, 0.15) is 0 Å². The highest BCUT2D eigenvalue weighted by Gasteiger charge is 2.48. The summed E-state index contributed by atoms with van der Waals surface area (Å²) >= 11 is 0. The molecular weight excluding hydrogens is 204 g/mol. The lowest BCUT2D eigenvalue weighted by Crippen LogP contribution is -2.56. The van der Waals surface area contributed by atoms with Gasteiger partial charge < -0.3 is 16.6 Å². The lowest BCUT2D eigenvalue weighted by Gasteiger charge is -2.18. The van der Waals surface area contributed by atoms with E-state index in [1.807, 2.05) is 0 Å². The standard InChI is InChI=1S/C4H8N2O6S/c5-2(7)1-4(6,3(8)9)13(10,11)12/h1,6H2,(H2,5,7)(H,8,9)(H,10,11,12)/t4-/m0/s1. The van der Waals surface area contributed by atoms with Gasteiger partial charge in [-0.1, -0.05) is 0 Å². The van der Waals surface area contributed by atoms with Gasteiger partial charge in [0.05, 0.1) is 6.42 Å². The summed E-state index contributed by atoms with van der Waals surface area (Å²) in [6, 6.07) is 0. The lowest BCUT2D eigenvalue weighted by atomic mass is 10.2. The summed E-state index contributed by atoms with van der Waals surface area (Å²) in [6.45, 7) is 0. The van der Waals surface area contributed by atoms with E-state index in [1.165, 1.54) is 0 Å². The molecule has 0 bridgehead atoms. The summed E-state index contributed by atoms with van der Waals surface area (Å²) in [5.41, 5.74) is 9.34. The van der Waals surface area contributed by atoms with E-state index in [-0.39, 0.29) is 0 Å². The number of hydrogen-bond donors (Lipinski definition) is 4. The van der Waals surface area contributed by atoms with Crippen LogP contribution in [0.2, 0.25) is 0 Å². The molecule has 0 aliphatic carbocycles. The minimum Gasteiger partial charge on any atom is -0.479 e. The van der Waals surface area contributed by atoms with Crippen LogP contribution >= 0.6 is 0 Å². The van der Waals surface area contributed by atoms with Gasteiger partial charge in [0.25, 0.3) is 15.0 Å². The van der Waals surface area contributed by atoms with Gasteiger partial charge in [-0.25, -0.2) is 4.79 Å². The Morgan fingerprint density at radius 1 is 1.38 bits per heavy atom. The Morgan fingerprint density at radius 3 is 1.85 bits per heavy atom. The molecule has 0 radical (unpaired) electrons. The van der Waals surface area contributed by atoms with Gasteiger partial charge in [-0.15, -0.1) is 0 Å². The van der Waals surface area contributed by atoms with E-state index in [9.17, 15) is 18.0 Å².